The average Bonchev–Trinajstić information content (AvgIpc) is 3.22. The van der Waals surface area contributed by atoms with E-state index in [0.29, 0.717) is 18.6 Å². The average molecular weight is 353 g/mol. The van der Waals surface area contributed by atoms with Crippen molar-refractivity contribution in [2.45, 2.75) is 11.5 Å². The second-order valence-corrected chi connectivity index (χ2v) is 6.18. The van der Waals surface area contributed by atoms with Crippen molar-refractivity contribution in [2.24, 2.45) is 7.05 Å². The summed E-state index contributed by atoms with van der Waals surface area (Å²) in [6.45, 7) is 0.309. The molecule has 25 heavy (non-hydrogen) atoms. The second kappa shape index (κ2) is 6.52. The van der Waals surface area contributed by atoms with Gasteiger partial charge in [-0.2, -0.15) is 4.98 Å². The fourth-order valence-corrected chi connectivity index (χ4v) is 2.96. The van der Waals surface area contributed by atoms with Crippen LogP contribution in [0.1, 0.15) is 5.69 Å². The Balaban J connectivity index is 1.73. The summed E-state index contributed by atoms with van der Waals surface area (Å²) in [5.41, 5.74) is 2.52. The summed E-state index contributed by atoms with van der Waals surface area (Å²) in [4.78, 5) is 10.1. The molecule has 0 aliphatic heterocycles. The summed E-state index contributed by atoms with van der Waals surface area (Å²) in [5.74, 6) is 0.537. The van der Waals surface area contributed by atoms with Gasteiger partial charge in [0.05, 0.1) is 16.7 Å². The summed E-state index contributed by atoms with van der Waals surface area (Å²) < 4.78 is 9.33. The van der Waals surface area contributed by atoms with E-state index in [-0.39, 0.29) is 0 Å². The standard InChI is InChI=1S/C16H15N7OS/c1-22-15(19-20-21-22)23-14-6-4-3-5-13(14)18-16(23)24-10-11-9-12(25-2)7-8-17-11/h3-9H,10H2,1-2H3. The number of benzene rings is 1. The minimum absolute atomic E-state index is 0.309. The van der Waals surface area contributed by atoms with Crippen LogP contribution in [0.15, 0.2) is 47.5 Å². The number of aryl methyl sites for hydroxylation is 1. The molecule has 0 saturated carbocycles. The highest BCUT2D eigenvalue weighted by atomic mass is 32.2. The van der Waals surface area contributed by atoms with E-state index in [1.165, 1.54) is 0 Å². The zero-order chi connectivity index (χ0) is 17.2. The van der Waals surface area contributed by atoms with Gasteiger partial charge in [0.25, 0.3) is 5.95 Å². The molecule has 0 spiro atoms. The predicted octanol–water partition coefficient (Wildman–Crippen LogP) is 2.24. The maximum Gasteiger partial charge on any atom is 0.305 e. The molecule has 0 amide bonds. The van der Waals surface area contributed by atoms with Crippen molar-refractivity contribution in [1.82, 2.24) is 34.7 Å². The van der Waals surface area contributed by atoms with Gasteiger partial charge in [-0.25, -0.2) is 9.25 Å². The van der Waals surface area contributed by atoms with Crippen LogP contribution in [-0.2, 0) is 13.7 Å². The monoisotopic (exact) mass is 353 g/mol. The number of fused-ring (bicyclic) bond motifs is 1. The van der Waals surface area contributed by atoms with Crippen LogP contribution < -0.4 is 4.74 Å². The maximum atomic E-state index is 5.96. The Labute approximate surface area is 147 Å². The van der Waals surface area contributed by atoms with Gasteiger partial charge in [0.15, 0.2) is 0 Å². The van der Waals surface area contributed by atoms with Crippen LogP contribution in [0.3, 0.4) is 0 Å². The highest BCUT2D eigenvalue weighted by Crippen LogP contribution is 2.25. The van der Waals surface area contributed by atoms with Crippen molar-refractivity contribution in [3.63, 3.8) is 0 Å². The van der Waals surface area contributed by atoms with E-state index >= 15 is 0 Å². The molecule has 0 aliphatic carbocycles. The molecular weight excluding hydrogens is 338 g/mol. The van der Waals surface area contributed by atoms with E-state index in [0.717, 1.165) is 21.6 Å². The first kappa shape index (κ1) is 15.6. The normalized spacial score (nSPS) is 11.1. The van der Waals surface area contributed by atoms with Crippen LogP contribution in [0.5, 0.6) is 6.01 Å². The van der Waals surface area contributed by atoms with E-state index in [1.54, 1.807) is 34.3 Å². The molecule has 0 bridgehead atoms. The van der Waals surface area contributed by atoms with Gasteiger partial charge in [-0.1, -0.05) is 17.2 Å². The van der Waals surface area contributed by atoms with Crippen LogP contribution in [0, 0.1) is 0 Å². The Bertz CT molecular complexity index is 1030. The number of pyridine rings is 1. The predicted molar refractivity (Wildman–Crippen MR) is 93.8 cm³/mol. The van der Waals surface area contributed by atoms with Crippen molar-refractivity contribution in [1.29, 1.82) is 0 Å². The molecule has 0 atom stereocenters. The van der Waals surface area contributed by atoms with Crippen LogP contribution in [0.2, 0.25) is 0 Å². The fraction of sp³-hybridized carbons (Fsp3) is 0.188. The van der Waals surface area contributed by atoms with Gasteiger partial charge in [-0.05, 0) is 40.9 Å². The SMILES string of the molecule is CSc1ccnc(COc2nc3ccccc3n2-c2nnnn2C)c1. The summed E-state index contributed by atoms with van der Waals surface area (Å²) in [6, 6.07) is 12.1. The number of tetrazole rings is 1. The summed E-state index contributed by atoms with van der Waals surface area (Å²) in [7, 11) is 1.78. The number of para-hydroxylation sites is 2. The molecule has 8 nitrogen and oxygen atoms in total. The summed E-state index contributed by atoms with van der Waals surface area (Å²) in [5, 5.41) is 11.7. The molecule has 0 radical (unpaired) electrons. The quantitative estimate of drug-likeness (QED) is 0.509. The summed E-state index contributed by atoms with van der Waals surface area (Å²) >= 11 is 1.67. The highest BCUT2D eigenvalue weighted by Gasteiger charge is 2.18. The second-order valence-electron chi connectivity index (χ2n) is 5.30. The van der Waals surface area contributed by atoms with Gasteiger partial charge < -0.3 is 4.74 Å². The number of hydrogen-bond acceptors (Lipinski definition) is 7. The van der Waals surface area contributed by atoms with Gasteiger partial charge >= 0.3 is 6.01 Å². The minimum Gasteiger partial charge on any atom is -0.458 e. The van der Waals surface area contributed by atoms with Crippen molar-refractivity contribution in [3.8, 4) is 12.0 Å². The minimum atomic E-state index is 0.309. The first-order valence-electron chi connectivity index (χ1n) is 7.58. The van der Waals surface area contributed by atoms with Gasteiger partial charge in [-0.15, -0.1) is 11.8 Å². The zero-order valence-corrected chi connectivity index (χ0v) is 14.5. The number of aromatic nitrogens is 7. The first-order chi connectivity index (χ1) is 12.3. The van der Waals surface area contributed by atoms with E-state index in [1.807, 2.05) is 42.7 Å². The topological polar surface area (TPSA) is 83.5 Å². The summed E-state index contributed by atoms with van der Waals surface area (Å²) in [6.07, 6.45) is 3.81. The first-order valence-corrected chi connectivity index (χ1v) is 8.80. The molecule has 0 N–H and O–H groups in total. The molecule has 0 unspecified atom stereocenters. The van der Waals surface area contributed by atoms with E-state index in [2.05, 4.69) is 25.5 Å². The molecule has 1 aromatic carbocycles. The van der Waals surface area contributed by atoms with Crippen molar-refractivity contribution < 1.29 is 4.74 Å². The van der Waals surface area contributed by atoms with Crippen LogP contribution in [-0.4, -0.2) is 41.0 Å². The lowest BCUT2D eigenvalue weighted by molar-refractivity contribution is 0.272. The highest BCUT2D eigenvalue weighted by molar-refractivity contribution is 7.98. The van der Waals surface area contributed by atoms with Crippen molar-refractivity contribution in [2.75, 3.05) is 6.26 Å². The molecule has 0 aliphatic rings. The Morgan fingerprint density at radius 2 is 2.08 bits per heavy atom. The zero-order valence-electron chi connectivity index (χ0n) is 13.7. The van der Waals surface area contributed by atoms with E-state index in [4.69, 9.17) is 4.74 Å². The molecule has 9 heteroatoms. The number of thioether (sulfide) groups is 1. The largest absolute Gasteiger partial charge is 0.458 e. The van der Waals surface area contributed by atoms with Gasteiger partial charge in [-0.3, -0.25) is 4.98 Å². The third kappa shape index (κ3) is 2.93. The van der Waals surface area contributed by atoms with Gasteiger partial charge in [0, 0.05) is 18.1 Å². The molecule has 3 heterocycles. The molecule has 4 rings (SSSR count). The fourth-order valence-electron chi connectivity index (χ4n) is 2.51. The molecular formula is C16H15N7OS. The van der Waals surface area contributed by atoms with Crippen molar-refractivity contribution in [3.05, 3.63) is 48.3 Å². The molecule has 0 saturated heterocycles. The Morgan fingerprint density at radius 1 is 1.20 bits per heavy atom. The maximum absolute atomic E-state index is 5.96. The Kier molecular flexibility index (Phi) is 4.06. The lowest BCUT2D eigenvalue weighted by Crippen LogP contribution is -2.08. The number of ether oxygens (including phenoxy) is 1. The van der Waals surface area contributed by atoms with Gasteiger partial charge in [0.1, 0.15) is 6.61 Å². The lowest BCUT2D eigenvalue weighted by Gasteiger charge is -2.08. The lowest BCUT2D eigenvalue weighted by atomic mass is 10.3. The van der Waals surface area contributed by atoms with Crippen LogP contribution in [0.25, 0.3) is 17.0 Å². The number of hydrogen-bond donors (Lipinski definition) is 0. The molecule has 4 aromatic rings. The smallest absolute Gasteiger partial charge is 0.305 e. The number of nitrogens with zero attached hydrogens (tertiary/aromatic N) is 7. The molecule has 126 valence electrons. The molecule has 3 aromatic heterocycles. The number of rotatable bonds is 5. The van der Waals surface area contributed by atoms with Crippen LogP contribution >= 0.6 is 11.8 Å². The van der Waals surface area contributed by atoms with Gasteiger partial charge in [0.2, 0.25) is 0 Å². The third-order valence-electron chi connectivity index (χ3n) is 3.70. The Morgan fingerprint density at radius 3 is 2.88 bits per heavy atom. The van der Waals surface area contributed by atoms with E-state index < -0.39 is 0 Å². The molecule has 0 fully saturated rings. The number of imidazole rings is 1. The Hall–Kier alpha value is -2.94. The third-order valence-corrected chi connectivity index (χ3v) is 4.43. The van der Waals surface area contributed by atoms with Crippen molar-refractivity contribution >= 4 is 22.8 Å². The van der Waals surface area contributed by atoms with Crippen LogP contribution in [0.4, 0.5) is 0 Å². The van der Waals surface area contributed by atoms with E-state index in [9.17, 15) is 0 Å².